The number of rotatable bonds is 3. The van der Waals surface area contributed by atoms with Gasteiger partial charge in [0.1, 0.15) is 22.8 Å². The van der Waals surface area contributed by atoms with E-state index >= 15 is 0 Å². The van der Waals surface area contributed by atoms with Crippen molar-refractivity contribution in [2.45, 2.75) is 0 Å². The number of anilines is 1. The molecule has 1 aromatic heterocycles. The van der Waals surface area contributed by atoms with Crippen molar-refractivity contribution in [3.8, 4) is 11.5 Å². The molecule has 0 saturated heterocycles. The number of nitrogen functional groups attached to an aromatic ring is 1. The number of fused-ring (bicyclic) bond motifs is 1. The summed E-state index contributed by atoms with van der Waals surface area (Å²) < 4.78 is 20.2. The van der Waals surface area contributed by atoms with Gasteiger partial charge in [-0.2, -0.15) is 0 Å². The van der Waals surface area contributed by atoms with Crippen LogP contribution < -0.4 is 16.2 Å². The maximum absolute atomic E-state index is 13.7. The quantitative estimate of drug-likeness (QED) is 0.728. The first-order chi connectivity index (χ1) is 10.1. The molecule has 0 aliphatic carbocycles. The Hall–Kier alpha value is -2.67. The van der Waals surface area contributed by atoms with Gasteiger partial charge in [-0.25, -0.2) is 9.37 Å². The number of nitrogens with zero attached hydrogens (tertiary/aromatic N) is 1. The standard InChI is InChI=1S/C14H10FN3O2S/c15-9-5-7(1-2-8(9)14(17)19)20-10-3-4-11-13(12(10)16)18-6-21-11/h1-6H,16H2,(H2,17,19). The number of aromatic nitrogens is 1. The lowest BCUT2D eigenvalue weighted by molar-refractivity contribution is 0.0996. The molecule has 1 heterocycles. The summed E-state index contributed by atoms with van der Waals surface area (Å²) in [6.07, 6.45) is 0. The molecule has 0 unspecified atom stereocenters. The van der Waals surface area contributed by atoms with Gasteiger partial charge in [0.15, 0.2) is 5.75 Å². The molecule has 21 heavy (non-hydrogen) atoms. The highest BCUT2D eigenvalue weighted by Crippen LogP contribution is 2.34. The first kappa shape index (κ1) is 13.3. The van der Waals surface area contributed by atoms with Crippen LogP contribution in [0.5, 0.6) is 11.5 Å². The number of thiazole rings is 1. The zero-order valence-electron chi connectivity index (χ0n) is 10.7. The predicted molar refractivity (Wildman–Crippen MR) is 79.0 cm³/mol. The van der Waals surface area contributed by atoms with E-state index in [0.29, 0.717) is 17.0 Å². The van der Waals surface area contributed by atoms with Crippen LogP contribution in [0.15, 0.2) is 35.8 Å². The van der Waals surface area contributed by atoms with Gasteiger partial charge in [-0.1, -0.05) is 0 Å². The van der Waals surface area contributed by atoms with Crippen molar-refractivity contribution in [1.29, 1.82) is 0 Å². The van der Waals surface area contributed by atoms with Gasteiger partial charge < -0.3 is 16.2 Å². The minimum absolute atomic E-state index is 0.190. The van der Waals surface area contributed by atoms with E-state index in [4.69, 9.17) is 16.2 Å². The summed E-state index contributed by atoms with van der Waals surface area (Å²) >= 11 is 1.47. The molecule has 1 amide bonds. The Kier molecular flexibility index (Phi) is 3.19. The van der Waals surface area contributed by atoms with Crippen molar-refractivity contribution in [3.63, 3.8) is 0 Å². The molecule has 0 spiro atoms. The smallest absolute Gasteiger partial charge is 0.251 e. The van der Waals surface area contributed by atoms with Crippen LogP contribution in [0.25, 0.3) is 10.2 Å². The Morgan fingerprint density at radius 1 is 1.29 bits per heavy atom. The Morgan fingerprint density at radius 3 is 2.81 bits per heavy atom. The molecular formula is C14H10FN3O2S. The third-order valence-corrected chi connectivity index (χ3v) is 3.73. The van der Waals surface area contributed by atoms with Gasteiger partial charge in [-0.3, -0.25) is 4.79 Å². The third kappa shape index (κ3) is 2.38. The maximum atomic E-state index is 13.7. The van der Waals surface area contributed by atoms with Gasteiger partial charge in [0, 0.05) is 6.07 Å². The number of halogens is 1. The monoisotopic (exact) mass is 303 g/mol. The lowest BCUT2D eigenvalue weighted by Gasteiger charge is -2.09. The molecule has 7 heteroatoms. The fraction of sp³-hybridized carbons (Fsp3) is 0. The van der Waals surface area contributed by atoms with Crippen molar-refractivity contribution in [1.82, 2.24) is 4.98 Å². The van der Waals surface area contributed by atoms with Crippen molar-refractivity contribution in [3.05, 3.63) is 47.2 Å². The second-order valence-corrected chi connectivity index (χ2v) is 5.17. The summed E-state index contributed by atoms with van der Waals surface area (Å²) in [5, 5.41) is 0. The summed E-state index contributed by atoms with van der Waals surface area (Å²) in [6.45, 7) is 0. The molecule has 0 aliphatic heterocycles. The number of primary amides is 1. The number of ether oxygens (including phenoxy) is 1. The molecule has 106 valence electrons. The SMILES string of the molecule is NC(=O)c1ccc(Oc2ccc3scnc3c2N)cc1F. The van der Waals surface area contributed by atoms with Crippen LogP contribution in [0.1, 0.15) is 10.4 Å². The van der Waals surface area contributed by atoms with E-state index in [2.05, 4.69) is 4.98 Å². The predicted octanol–water partition coefficient (Wildman–Crippen LogP) is 2.91. The molecule has 5 nitrogen and oxygen atoms in total. The number of nitrogens with two attached hydrogens (primary N) is 2. The first-order valence-corrected chi connectivity index (χ1v) is 6.83. The fourth-order valence-corrected chi connectivity index (χ4v) is 2.60. The minimum Gasteiger partial charge on any atom is -0.455 e. The van der Waals surface area contributed by atoms with E-state index in [1.165, 1.54) is 23.5 Å². The van der Waals surface area contributed by atoms with Crippen molar-refractivity contribution in [2.75, 3.05) is 5.73 Å². The first-order valence-electron chi connectivity index (χ1n) is 5.95. The summed E-state index contributed by atoms with van der Waals surface area (Å²) in [5.74, 6) is -0.978. The van der Waals surface area contributed by atoms with Crippen LogP contribution in [0.3, 0.4) is 0 Å². The second kappa shape index (κ2) is 5.02. The molecule has 0 bridgehead atoms. The highest BCUT2D eigenvalue weighted by atomic mass is 32.1. The number of hydrogen-bond donors (Lipinski definition) is 2. The molecule has 0 atom stereocenters. The van der Waals surface area contributed by atoms with Crippen molar-refractivity contribution in [2.24, 2.45) is 5.73 Å². The highest BCUT2D eigenvalue weighted by Gasteiger charge is 2.12. The Balaban J connectivity index is 1.96. The average Bonchev–Trinajstić information content (AvgIpc) is 2.91. The lowest BCUT2D eigenvalue weighted by Crippen LogP contribution is -2.12. The summed E-state index contributed by atoms with van der Waals surface area (Å²) in [7, 11) is 0. The number of hydrogen-bond acceptors (Lipinski definition) is 5. The van der Waals surface area contributed by atoms with E-state index in [-0.39, 0.29) is 11.3 Å². The number of carbonyl (C=O) groups is 1. The molecule has 3 aromatic rings. The van der Waals surface area contributed by atoms with E-state index in [0.717, 1.165) is 10.8 Å². The minimum atomic E-state index is -0.831. The summed E-state index contributed by atoms with van der Waals surface area (Å²) in [6, 6.07) is 7.33. The number of amides is 1. The molecule has 3 rings (SSSR count). The Labute approximate surface area is 123 Å². The van der Waals surface area contributed by atoms with Crippen LogP contribution in [-0.2, 0) is 0 Å². The van der Waals surface area contributed by atoms with Crippen LogP contribution >= 0.6 is 11.3 Å². The topological polar surface area (TPSA) is 91.2 Å². The van der Waals surface area contributed by atoms with Crippen LogP contribution in [0.4, 0.5) is 10.1 Å². The number of carbonyl (C=O) groups excluding carboxylic acids is 1. The largest absolute Gasteiger partial charge is 0.455 e. The van der Waals surface area contributed by atoms with Gasteiger partial charge in [0.05, 0.1) is 15.8 Å². The molecule has 0 fully saturated rings. The molecular weight excluding hydrogens is 293 g/mol. The summed E-state index contributed by atoms with van der Waals surface area (Å²) in [5.41, 5.74) is 13.5. The van der Waals surface area contributed by atoms with E-state index < -0.39 is 11.7 Å². The second-order valence-electron chi connectivity index (χ2n) is 4.28. The van der Waals surface area contributed by atoms with Gasteiger partial charge in [-0.15, -0.1) is 11.3 Å². The fourth-order valence-electron chi connectivity index (χ4n) is 1.91. The Bertz CT molecular complexity index is 847. The highest BCUT2D eigenvalue weighted by molar-refractivity contribution is 7.16. The zero-order chi connectivity index (χ0) is 15.0. The van der Waals surface area contributed by atoms with Gasteiger partial charge >= 0.3 is 0 Å². The average molecular weight is 303 g/mol. The lowest BCUT2D eigenvalue weighted by atomic mass is 10.2. The normalized spacial score (nSPS) is 10.7. The van der Waals surface area contributed by atoms with Gasteiger partial charge in [0.2, 0.25) is 0 Å². The Morgan fingerprint density at radius 2 is 2.10 bits per heavy atom. The van der Waals surface area contributed by atoms with Crippen molar-refractivity contribution >= 4 is 33.1 Å². The summed E-state index contributed by atoms with van der Waals surface area (Å²) in [4.78, 5) is 15.1. The van der Waals surface area contributed by atoms with Gasteiger partial charge in [0.25, 0.3) is 5.91 Å². The van der Waals surface area contributed by atoms with Crippen LogP contribution in [0.2, 0.25) is 0 Å². The molecule has 2 aromatic carbocycles. The van der Waals surface area contributed by atoms with E-state index in [1.54, 1.807) is 11.6 Å². The molecule has 0 saturated carbocycles. The van der Waals surface area contributed by atoms with E-state index in [1.807, 2.05) is 6.07 Å². The maximum Gasteiger partial charge on any atom is 0.251 e. The van der Waals surface area contributed by atoms with Gasteiger partial charge in [-0.05, 0) is 24.3 Å². The number of benzene rings is 2. The van der Waals surface area contributed by atoms with Crippen molar-refractivity contribution < 1.29 is 13.9 Å². The molecule has 0 radical (unpaired) electrons. The molecule has 0 aliphatic rings. The zero-order valence-corrected chi connectivity index (χ0v) is 11.5. The van der Waals surface area contributed by atoms with Crippen LogP contribution in [0, 0.1) is 5.82 Å². The van der Waals surface area contributed by atoms with Crippen LogP contribution in [-0.4, -0.2) is 10.9 Å². The molecule has 4 N–H and O–H groups in total. The third-order valence-electron chi connectivity index (χ3n) is 2.94. The van der Waals surface area contributed by atoms with E-state index in [9.17, 15) is 9.18 Å².